The fraction of sp³-hybridized carbons (Fsp3) is 0.0513. The van der Waals surface area contributed by atoms with E-state index in [2.05, 4.69) is 66.8 Å². The minimum absolute atomic E-state index is 0.0511. The van der Waals surface area contributed by atoms with Gasteiger partial charge in [-0.25, -0.2) is 15.0 Å². The second-order valence-electron chi connectivity index (χ2n) is 11.2. The van der Waals surface area contributed by atoms with E-state index in [4.69, 9.17) is 24.1 Å². The molecular formula is C39H25N3O2. The van der Waals surface area contributed by atoms with Gasteiger partial charge in [0.25, 0.3) is 0 Å². The summed E-state index contributed by atoms with van der Waals surface area (Å²) in [7, 11) is 0. The lowest BCUT2D eigenvalue weighted by atomic mass is 9.81. The zero-order valence-corrected chi connectivity index (χ0v) is 23.6. The van der Waals surface area contributed by atoms with Crippen LogP contribution < -0.4 is 4.74 Å². The summed E-state index contributed by atoms with van der Waals surface area (Å²) in [6, 6.07) is 41.1. The molecule has 1 aliphatic heterocycles. The van der Waals surface area contributed by atoms with Crippen molar-refractivity contribution in [3.05, 3.63) is 151 Å². The maximum atomic E-state index is 6.41. The number of hydrogen-bond donors (Lipinski definition) is 0. The van der Waals surface area contributed by atoms with Gasteiger partial charge in [0, 0.05) is 33.0 Å². The summed E-state index contributed by atoms with van der Waals surface area (Å²) < 4.78 is 12.6. The molecule has 0 bridgehead atoms. The Bertz CT molecular complexity index is 2270. The van der Waals surface area contributed by atoms with Crippen molar-refractivity contribution in [1.29, 1.82) is 0 Å². The molecule has 0 fully saturated rings. The van der Waals surface area contributed by atoms with Crippen LogP contribution in [0.2, 0.25) is 0 Å². The molecule has 5 nitrogen and oxygen atoms in total. The Morgan fingerprint density at radius 3 is 1.95 bits per heavy atom. The van der Waals surface area contributed by atoms with Crippen molar-refractivity contribution in [2.75, 3.05) is 0 Å². The highest BCUT2D eigenvalue weighted by atomic mass is 16.5. The van der Waals surface area contributed by atoms with E-state index >= 15 is 0 Å². The van der Waals surface area contributed by atoms with Gasteiger partial charge >= 0.3 is 0 Å². The minimum Gasteiger partial charge on any atom is -0.485 e. The van der Waals surface area contributed by atoms with Gasteiger partial charge in [0.05, 0.1) is 5.92 Å². The van der Waals surface area contributed by atoms with E-state index in [0.29, 0.717) is 17.5 Å². The molecule has 208 valence electrons. The first kappa shape index (κ1) is 24.8. The number of para-hydroxylation sites is 1. The van der Waals surface area contributed by atoms with Crippen molar-refractivity contribution in [2.24, 2.45) is 0 Å². The van der Waals surface area contributed by atoms with Crippen LogP contribution >= 0.6 is 0 Å². The molecule has 44 heavy (non-hydrogen) atoms. The Morgan fingerprint density at radius 1 is 0.523 bits per heavy atom. The average molecular weight is 568 g/mol. The van der Waals surface area contributed by atoms with Crippen LogP contribution in [0.25, 0.3) is 61.7 Å². The molecule has 0 saturated carbocycles. The second kappa shape index (κ2) is 9.89. The maximum absolute atomic E-state index is 6.41. The van der Waals surface area contributed by atoms with Crippen LogP contribution in [0.4, 0.5) is 0 Å². The van der Waals surface area contributed by atoms with Crippen LogP contribution in [-0.2, 0) is 0 Å². The van der Waals surface area contributed by atoms with Gasteiger partial charge in [-0.15, -0.1) is 0 Å². The van der Waals surface area contributed by atoms with Gasteiger partial charge in [-0.3, -0.25) is 0 Å². The number of allylic oxidation sites excluding steroid dienone is 2. The predicted molar refractivity (Wildman–Crippen MR) is 174 cm³/mol. The van der Waals surface area contributed by atoms with Gasteiger partial charge in [-0.2, -0.15) is 0 Å². The molecular weight excluding hydrogens is 542 g/mol. The molecule has 5 aromatic carbocycles. The Labute approximate surface area is 253 Å². The van der Waals surface area contributed by atoms with E-state index in [1.54, 1.807) is 0 Å². The predicted octanol–water partition coefficient (Wildman–Crippen LogP) is 9.27. The third-order valence-corrected chi connectivity index (χ3v) is 8.52. The van der Waals surface area contributed by atoms with Crippen LogP contribution in [0.3, 0.4) is 0 Å². The monoisotopic (exact) mass is 567 g/mol. The SMILES string of the molecule is C1=CC2Oc3ccc(-c4nc(-c5ccccc5)nc(-c5ccc6c(c5)oc5ccccc56)n4)cc3C2C(c2ccccc2)=C1. The van der Waals surface area contributed by atoms with Crippen LogP contribution in [0.5, 0.6) is 5.75 Å². The molecule has 0 radical (unpaired) electrons. The topological polar surface area (TPSA) is 61.0 Å². The molecule has 0 N–H and O–H groups in total. The molecule has 2 aliphatic rings. The fourth-order valence-corrected chi connectivity index (χ4v) is 6.42. The smallest absolute Gasteiger partial charge is 0.164 e. The summed E-state index contributed by atoms with van der Waals surface area (Å²) in [6.45, 7) is 0. The van der Waals surface area contributed by atoms with Crippen molar-refractivity contribution in [3.8, 4) is 39.9 Å². The van der Waals surface area contributed by atoms with E-state index in [1.165, 1.54) is 11.1 Å². The average Bonchev–Trinajstić information content (AvgIpc) is 3.66. The molecule has 2 atom stereocenters. The lowest BCUT2D eigenvalue weighted by Crippen LogP contribution is -2.19. The second-order valence-corrected chi connectivity index (χ2v) is 11.2. The molecule has 0 saturated heterocycles. The lowest BCUT2D eigenvalue weighted by Gasteiger charge is -2.23. The fourth-order valence-electron chi connectivity index (χ4n) is 6.42. The Kier molecular flexibility index (Phi) is 5.56. The number of nitrogens with zero attached hydrogens (tertiary/aromatic N) is 3. The molecule has 1 aliphatic carbocycles. The zero-order valence-electron chi connectivity index (χ0n) is 23.6. The van der Waals surface area contributed by atoms with Crippen LogP contribution in [-0.4, -0.2) is 21.1 Å². The number of rotatable bonds is 4. The van der Waals surface area contributed by atoms with Crippen LogP contribution in [0, 0.1) is 0 Å². The number of aromatic nitrogens is 3. The Morgan fingerprint density at radius 2 is 1.16 bits per heavy atom. The van der Waals surface area contributed by atoms with Gasteiger partial charge < -0.3 is 9.15 Å². The quantitative estimate of drug-likeness (QED) is 0.212. The lowest BCUT2D eigenvalue weighted by molar-refractivity contribution is 0.271. The Balaban J connectivity index is 1.18. The number of furan rings is 1. The summed E-state index contributed by atoms with van der Waals surface area (Å²) in [5.41, 5.74) is 7.96. The van der Waals surface area contributed by atoms with Crippen LogP contribution in [0.1, 0.15) is 17.0 Å². The zero-order chi connectivity index (χ0) is 29.0. The summed E-state index contributed by atoms with van der Waals surface area (Å²) in [6.07, 6.45) is 6.38. The van der Waals surface area contributed by atoms with Crippen molar-refractivity contribution in [3.63, 3.8) is 0 Å². The van der Waals surface area contributed by atoms with Gasteiger partial charge in [0.15, 0.2) is 17.5 Å². The molecule has 2 unspecified atom stereocenters. The first-order chi connectivity index (χ1) is 21.8. The largest absolute Gasteiger partial charge is 0.485 e. The standard InChI is InChI=1S/C39H25N3O2/c1-3-10-24(11-4-1)28-15-9-17-34-36(28)31-22-26(19-21-33(31)43-34)38-40-37(25-12-5-2-6-13-25)41-39(42-38)27-18-20-30-29-14-7-8-16-32(29)44-35(30)23-27/h1-23,34,36H. The summed E-state index contributed by atoms with van der Waals surface area (Å²) in [5, 5.41) is 2.16. The first-order valence-electron chi connectivity index (χ1n) is 14.8. The van der Waals surface area contributed by atoms with Crippen LogP contribution in [0.15, 0.2) is 144 Å². The van der Waals surface area contributed by atoms with E-state index in [-0.39, 0.29) is 12.0 Å². The normalized spacial score (nSPS) is 16.9. The highest BCUT2D eigenvalue weighted by molar-refractivity contribution is 6.05. The van der Waals surface area contributed by atoms with E-state index in [1.807, 2.05) is 72.8 Å². The summed E-state index contributed by atoms with van der Waals surface area (Å²) >= 11 is 0. The van der Waals surface area contributed by atoms with Gasteiger partial charge in [-0.1, -0.05) is 97.1 Å². The third-order valence-electron chi connectivity index (χ3n) is 8.52. The number of fused-ring (bicyclic) bond motifs is 6. The van der Waals surface area contributed by atoms with E-state index in [0.717, 1.165) is 49.9 Å². The van der Waals surface area contributed by atoms with E-state index < -0.39 is 0 Å². The molecule has 5 heteroatoms. The van der Waals surface area contributed by atoms with Gasteiger partial charge in [-0.05, 0) is 53.6 Å². The molecule has 7 aromatic rings. The van der Waals surface area contributed by atoms with Crippen molar-refractivity contribution < 1.29 is 9.15 Å². The van der Waals surface area contributed by atoms with Crippen molar-refractivity contribution in [2.45, 2.75) is 12.0 Å². The molecule has 0 amide bonds. The number of ether oxygens (including phenoxy) is 1. The van der Waals surface area contributed by atoms with Gasteiger partial charge in [0.2, 0.25) is 0 Å². The summed E-state index contributed by atoms with van der Waals surface area (Å²) in [5.74, 6) is 2.81. The van der Waals surface area contributed by atoms with E-state index in [9.17, 15) is 0 Å². The molecule has 3 heterocycles. The number of hydrogen-bond acceptors (Lipinski definition) is 5. The summed E-state index contributed by atoms with van der Waals surface area (Å²) in [4.78, 5) is 15.0. The number of benzene rings is 5. The van der Waals surface area contributed by atoms with Crippen molar-refractivity contribution in [1.82, 2.24) is 15.0 Å². The molecule has 0 spiro atoms. The highest BCUT2D eigenvalue weighted by Gasteiger charge is 2.37. The molecule has 9 rings (SSSR count). The van der Waals surface area contributed by atoms with Crippen molar-refractivity contribution >= 4 is 27.5 Å². The van der Waals surface area contributed by atoms with Gasteiger partial charge in [0.1, 0.15) is 23.0 Å². The Hall–Kier alpha value is -5.81. The first-order valence-corrected chi connectivity index (χ1v) is 14.8. The third kappa shape index (κ3) is 4.05. The maximum Gasteiger partial charge on any atom is 0.164 e. The minimum atomic E-state index is -0.0511. The highest BCUT2D eigenvalue weighted by Crippen LogP contribution is 2.49. The molecule has 2 aromatic heterocycles.